The first kappa shape index (κ1) is 27.1. The lowest BCUT2D eigenvalue weighted by Crippen LogP contribution is -2.31. The molecule has 0 aliphatic carbocycles. The van der Waals surface area contributed by atoms with Gasteiger partial charge in [0.15, 0.2) is 6.29 Å². The van der Waals surface area contributed by atoms with Gasteiger partial charge in [-0.05, 0) is 46.0 Å². The quantitative estimate of drug-likeness (QED) is 0.230. The van der Waals surface area contributed by atoms with Crippen LogP contribution in [-0.2, 0) is 22.6 Å². The summed E-state index contributed by atoms with van der Waals surface area (Å²) in [4.78, 5) is 15.9. The molecule has 0 radical (unpaired) electrons. The number of benzene rings is 3. The minimum atomic E-state index is -1.00. The number of aliphatic hydroxyl groups is 1. The Kier molecular flexibility index (Phi) is 8.71. The molecule has 0 bridgehead atoms. The molecule has 4 N–H and O–H groups in total. The minimum Gasteiger partial charge on any atom is -0.478 e. The molecule has 4 aromatic rings. The molecule has 200 valence electrons. The van der Waals surface area contributed by atoms with Crippen LogP contribution < -0.4 is 5.73 Å². The van der Waals surface area contributed by atoms with Crippen molar-refractivity contribution in [2.45, 2.75) is 43.1 Å². The average Bonchev–Trinajstić information content (AvgIpc) is 3.00. The van der Waals surface area contributed by atoms with Gasteiger partial charge in [0.05, 0.1) is 24.4 Å². The second-order valence-electron chi connectivity index (χ2n) is 9.35. The van der Waals surface area contributed by atoms with Crippen LogP contribution in [0.1, 0.15) is 51.4 Å². The zero-order valence-corrected chi connectivity index (χ0v) is 22.1. The van der Waals surface area contributed by atoms with Crippen molar-refractivity contribution in [1.82, 2.24) is 4.98 Å². The van der Waals surface area contributed by atoms with Crippen molar-refractivity contribution in [3.05, 3.63) is 119 Å². The van der Waals surface area contributed by atoms with Crippen LogP contribution in [0.4, 0.5) is 0 Å². The van der Waals surface area contributed by atoms with Gasteiger partial charge in [0.1, 0.15) is 5.03 Å². The van der Waals surface area contributed by atoms with Crippen molar-refractivity contribution in [3.8, 4) is 11.1 Å². The summed E-state index contributed by atoms with van der Waals surface area (Å²) >= 11 is 1.37. The fraction of sp³-hybridized carbons (Fsp3) is 0.226. The topological polar surface area (TPSA) is 115 Å². The summed E-state index contributed by atoms with van der Waals surface area (Å²) in [6.07, 6.45) is 1.16. The largest absolute Gasteiger partial charge is 0.478 e. The Labute approximate surface area is 231 Å². The maximum absolute atomic E-state index is 11.6. The van der Waals surface area contributed by atoms with Gasteiger partial charge in [-0.15, -0.1) is 11.8 Å². The Morgan fingerprint density at radius 2 is 1.69 bits per heavy atom. The van der Waals surface area contributed by atoms with Crippen molar-refractivity contribution >= 4 is 17.7 Å². The Balaban J connectivity index is 1.37. The third kappa shape index (κ3) is 6.55. The highest BCUT2D eigenvalue weighted by Gasteiger charge is 2.32. The number of thioether (sulfide) groups is 1. The smallest absolute Gasteiger partial charge is 0.338 e. The number of carbonyl (C=O) groups is 1. The summed E-state index contributed by atoms with van der Waals surface area (Å²) in [5.74, 6) is -0.484. The lowest BCUT2D eigenvalue weighted by Gasteiger charge is -2.36. The van der Waals surface area contributed by atoms with E-state index in [2.05, 4.69) is 17.1 Å². The van der Waals surface area contributed by atoms with Gasteiger partial charge in [0.25, 0.3) is 0 Å². The predicted octanol–water partition coefficient (Wildman–Crippen LogP) is 5.74. The summed E-state index contributed by atoms with van der Waals surface area (Å²) < 4.78 is 12.8. The summed E-state index contributed by atoms with van der Waals surface area (Å²) in [7, 11) is 0. The number of carboxylic acids is 1. The van der Waals surface area contributed by atoms with Crippen LogP contribution in [0.25, 0.3) is 11.1 Å². The molecule has 2 heterocycles. The number of ether oxygens (including phenoxy) is 2. The molecule has 1 saturated heterocycles. The highest BCUT2D eigenvalue weighted by Crippen LogP contribution is 2.40. The second-order valence-corrected chi connectivity index (χ2v) is 10.4. The monoisotopic (exact) mass is 542 g/mol. The molecule has 0 unspecified atom stereocenters. The zero-order valence-electron chi connectivity index (χ0n) is 21.3. The van der Waals surface area contributed by atoms with Gasteiger partial charge in [-0.2, -0.15) is 0 Å². The molecule has 7 nitrogen and oxygen atoms in total. The fourth-order valence-corrected chi connectivity index (χ4v) is 5.58. The standard InChI is InChI=1S/C31H30N2O5S/c32-17-21-3-1-4-25(15-21)22-10-12-24(13-11-22)31-37-26(19-39-29-27(30(35)36)5-2-14-33-29)16-28(38-31)23-8-6-20(18-34)7-9-23/h1-15,26,28,31,34H,16-19,32H2,(H,35,36)/t26-,28+,31+/m0/s1. The highest BCUT2D eigenvalue weighted by molar-refractivity contribution is 7.99. The van der Waals surface area contributed by atoms with E-state index < -0.39 is 12.3 Å². The SMILES string of the molecule is NCc1cccc(-c2ccc([C@@H]3O[C@H](CSc4ncccc4C(=O)O)C[C@H](c4ccc(CO)cc4)O3)cc2)c1. The summed E-state index contributed by atoms with van der Waals surface area (Å²) in [6.45, 7) is 0.468. The van der Waals surface area contributed by atoms with Crippen LogP contribution in [0.3, 0.4) is 0 Å². The second kappa shape index (κ2) is 12.5. The Hall–Kier alpha value is -3.53. The Bertz CT molecular complexity index is 1410. The molecule has 39 heavy (non-hydrogen) atoms. The van der Waals surface area contributed by atoms with Gasteiger partial charge < -0.3 is 25.4 Å². The van der Waals surface area contributed by atoms with E-state index in [4.69, 9.17) is 15.2 Å². The molecular weight excluding hydrogens is 512 g/mol. The molecule has 0 amide bonds. The van der Waals surface area contributed by atoms with Crippen molar-refractivity contribution in [2.75, 3.05) is 5.75 Å². The number of nitrogens with zero attached hydrogens (tertiary/aromatic N) is 1. The normalized spacial score (nSPS) is 19.1. The maximum Gasteiger partial charge on any atom is 0.338 e. The van der Waals surface area contributed by atoms with E-state index >= 15 is 0 Å². The Morgan fingerprint density at radius 1 is 0.923 bits per heavy atom. The molecule has 3 atom stereocenters. The van der Waals surface area contributed by atoms with Gasteiger partial charge in [-0.1, -0.05) is 66.7 Å². The molecule has 1 aromatic heterocycles. The van der Waals surface area contributed by atoms with Crippen LogP contribution in [0.2, 0.25) is 0 Å². The molecule has 0 saturated carbocycles. The number of aliphatic hydroxyl groups excluding tert-OH is 1. The van der Waals surface area contributed by atoms with E-state index in [0.29, 0.717) is 23.7 Å². The number of nitrogens with two attached hydrogens (primary N) is 1. The van der Waals surface area contributed by atoms with E-state index in [1.54, 1.807) is 18.3 Å². The minimum absolute atomic E-state index is 0.0205. The first-order valence-corrected chi connectivity index (χ1v) is 13.7. The van der Waals surface area contributed by atoms with Gasteiger partial charge in [0.2, 0.25) is 0 Å². The van der Waals surface area contributed by atoms with E-state index in [9.17, 15) is 15.0 Å². The number of hydrogen-bond acceptors (Lipinski definition) is 7. The summed E-state index contributed by atoms with van der Waals surface area (Å²) in [5.41, 5.74) is 12.0. The van der Waals surface area contributed by atoms with Gasteiger partial charge in [-0.3, -0.25) is 0 Å². The van der Waals surface area contributed by atoms with Crippen molar-refractivity contribution in [3.63, 3.8) is 0 Å². The molecule has 1 aliphatic heterocycles. The molecular formula is C31H30N2O5S. The van der Waals surface area contributed by atoms with Crippen LogP contribution in [0, 0.1) is 0 Å². The fourth-order valence-electron chi connectivity index (χ4n) is 4.57. The average molecular weight is 543 g/mol. The van der Waals surface area contributed by atoms with Crippen LogP contribution in [0.5, 0.6) is 0 Å². The first-order chi connectivity index (χ1) is 19.0. The molecule has 3 aromatic carbocycles. The predicted molar refractivity (Wildman–Crippen MR) is 150 cm³/mol. The molecule has 5 rings (SSSR count). The summed E-state index contributed by atoms with van der Waals surface area (Å²) in [6, 6.07) is 27.2. The number of aromatic carboxylic acids is 1. The molecule has 1 fully saturated rings. The van der Waals surface area contributed by atoms with Crippen LogP contribution in [-0.4, -0.2) is 33.0 Å². The molecule has 1 aliphatic rings. The summed E-state index contributed by atoms with van der Waals surface area (Å²) in [5, 5.41) is 19.4. The highest BCUT2D eigenvalue weighted by atomic mass is 32.2. The van der Waals surface area contributed by atoms with Crippen molar-refractivity contribution in [1.29, 1.82) is 0 Å². The van der Waals surface area contributed by atoms with Crippen LogP contribution in [0.15, 0.2) is 96.2 Å². The van der Waals surface area contributed by atoms with Crippen molar-refractivity contribution < 1.29 is 24.5 Å². The maximum atomic E-state index is 11.6. The molecule has 0 spiro atoms. The van der Waals surface area contributed by atoms with E-state index in [0.717, 1.165) is 33.4 Å². The van der Waals surface area contributed by atoms with E-state index in [1.165, 1.54) is 11.8 Å². The lowest BCUT2D eigenvalue weighted by atomic mass is 9.99. The first-order valence-electron chi connectivity index (χ1n) is 12.7. The van der Waals surface area contributed by atoms with Gasteiger partial charge in [-0.25, -0.2) is 9.78 Å². The number of hydrogen-bond donors (Lipinski definition) is 3. The lowest BCUT2D eigenvalue weighted by molar-refractivity contribution is -0.245. The number of aromatic nitrogens is 1. The van der Waals surface area contributed by atoms with Crippen molar-refractivity contribution in [2.24, 2.45) is 5.73 Å². The Morgan fingerprint density at radius 3 is 2.41 bits per heavy atom. The van der Waals surface area contributed by atoms with Gasteiger partial charge in [0, 0.05) is 30.5 Å². The number of pyridine rings is 1. The van der Waals surface area contributed by atoms with Gasteiger partial charge >= 0.3 is 5.97 Å². The zero-order chi connectivity index (χ0) is 27.2. The number of carboxylic acid groups (broad SMARTS) is 1. The molecule has 8 heteroatoms. The van der Waals surface area contributed by atoms with Crippen LogP contribution >= 0.6 is 11.8 Å². The number of rotatable bonds is 9. The third-order valence-electron chi connectivity index (χ3n) is 6.70. The third-order valence-corrected chi connectivity index (χ3v) is 7.84. The van der Waals surface area contributed by atoms with E-state index in [-0.39, 0.29) is 24.4 Å². The van der Waals surface area contributed by atoms with E-state index in [1.807, 2.05) is 60.7 Å².